The molecular formula is C22H17N5O2. The average molecular weight is 383 g/mol. The molecule has 0 radical (unpaired) electrons. The van der Waals surface area contributed by atoms with E-state index >= 15 is 0 Å². The van der Waals surface area contributed by atoms with Gasteiger partial charge in [0.25, 0.3) is 5.91 Å². The molecule has 0 saturated carbocycles. The zero-order chi connectivity index (χ0) is 19.6. The van der Waals surface area contributed by atoms with Crippen LogP contribution in [0, 0.1) is 0 Å². The molecule has 0 fully saturated rings. The van der Waals surface area contributed by atoms with Crippen LogP contribution in [0.25, 0.3) is 33.3 Å². The first kappa shape index (κ1) is 17.0. The SMILES string of the molecule is O=C(NCc1ccco1)c1ccc(-c2cnc3[nH]cc(-c4cn[nH]c4)c3c2)cc1. The second kappa shape index (κ2) is 7.12. The smallest absolute Gasteiger partial charge is 0.251 e. The number of nitrogens with one attached hydrogen (secondary N) is 3. The fraction of sp³-hybridized carbons (Fsp3) is 0.0455. The van der Waals surface area contributed by atoms with Crippen molar-refractivity contribution < 1.29 is 9.21 Å². The molecule has 4 aromatic heterocycles. The van der Waals surface area contributed by atoms with Gasteiger partial charge in [0.2, 0.25) is 0 Å². The van der Waals surface area contributed by atoms with E-state index in [0.717, 1.165) is 33.3 Å². The minimum atomic E-state index is -0.144. The van der Waals surface area contributed by atoms with Crippen LogP contribution in [-0.2, 0) is 6.54 Å². The van der Waals surface area contributed by atoms with E-state index in [1.807, 2.05) is 48.9 Å². The van der Waals surface area contributed by atoms with Crippen molar-refractivity contribution in [1.82, 2.24) is 25.5 Å². The van der Waals surface area contributed by atoms with Gasteiger partial charge < -0.3 is 14.7 Å². The monoisotopic (exact) mass is 383 g/mol. The predicted molar refractivity (Wildman–Crippen MR) is 109 cm³/mol. The standard InChI is InChI=1S/C22H17N5O2/c28-22(25-12-18-2-1-7-29-18)15-5-3-14(4-6-15)16-8-19-20(17-10-26-27-11-17)13-24-21(19)23-9-16/h1-11,13H,12H2,(H,23,24)(H,25,28)(H,26,27). The highest BCUT2D eigenvalue weighted by Crippen LogP contribution is 2.30. The highest BCUT2D eigenvalue weighted by atomic mass is 16.3. The molecule has 5 rings (SSSR count). The third kappa shape index (κ3) is 3.29. The van der Waals surface area contributed by atoms with E-state index in [4.69, 9.17) is 4.42 Å². The molecule has 7 heteroatoms. The Labute approximate surface area is 165 Å². The van der Waals surface area contributed by atoms with Crippen molar-refractivity contribution in [2.75, 3.05) is 0 Å². The van der Waals surface area contributed by atoms with Gasteiger partial charge in [-0.2, -0.15) is 5.10 Å². The number of H-pyrrole nitrogens is 2. The quantitative estimate of drug-likeness (QED) is 0.425. The summed E-state index contributed by atoms with van der Waals surface area (Å²) in [5.41, 5.74) is 5.41. The largest absolute Gasteiger partial charge is 0.467 e. The zero-order valence-electron chi connectivity index (χ0n) is 15.3. The number of hydrogen-bond acceptors (Lipinski definition) is 4. The van der Waals surface area contributed by atoms with Gasteiger partial charge in [-0.1, -0.05) is 12.1 Å². The summed E-state index contributed by atoms with van der Waals surface area (Å²) in [6.07, 6.45) is 8.98. The lowest BCUT2D eigenvalue weighted by molar-refractivity contribution is 0.0948. The summed E-state index contributed by atoms with van der Waals surface area (Å²) in [4.78, 5) is 20.0. The fourth-order valence-electron chi connectivity index (χ4n) is 3.29. The summed E-state index contributed by atoms with van der Waals surface area (Å²) in [6.45, 7) is 0.360. The van der Waals surface area contributed by atoms with E-state index in [1.54, 1.807) is 18.5 Å². The molecule has 0 atom stereocenters. The molecule has 1 aromatic carbocycles. The molecular weight excluding hydrogens is 366 g/mol. The summed E-state index contributed by atoms with van der Waals surface area (Å²) in [7, 11) is 0. The molecule has 0 aliphatic rings. The van der Waals surface area contributed by atoms with Crippen LogP contribution < -0.4 is 5.32 Å². The molecule has 0 spiro atoms. The number of furan rings is 1. The van der Waals surface area contributed by atoms with Crippen LogP contribution in [0.15, 0.2) is 77.9 Å². The van der Waals surface area contributed by atoms with Gasteiger partial charge in [-0.05, 0) is 35.9 Å². The minimum Gasteiger partial charge on any atom is -0.467 e. The fourth-order valence-corrected chi connectivity index (χ4v) is 3.29. The molecule has 7 nitrogen and oxygen atoms in total. The van der Waals surface area contributed by atoms with Crippen molar-refractivity contribution in [1.29, 1.82) is 0 Å². The number of amides is 1. The number of rotatable bonds is 5. The summed E-state index contributed by atoms with van der Waals surface area (Å²) in [5.74, 6) is 0.573. The van der Waals surface area contributed by atoms with Gasteiger partial charge in [0.15, 0.2) is 0 Å². The lowest BCUT2D eigenvalue weighted by Crippen LogP contribution is -2.22. The van der Waals surface area contributed by atoms with Crippen molar-refractivity contribution in [3.63, 3.8) is 0 Å². The maximum Gasteiger partial charge on any atom is 0.251 e. The first-order valence-electron chi connectivity index (χ1n) is 9.15. The maximum atomic E-state index is 12.3. The zero-order valence-corrected chi connectivity index (χ0v) is 15.3. The van der Waals surface area contributed by atoms with Gasteiger partial charge in [-0.15, -0.1) is 0 Å². The summed E-state index contributed by atoms with van der Waals surface area (Å²) < 4.78 is 5.23. The van der Waals surface area contributed by atoms with Gasteiger partial charge in [-0.25, -0.2) is 4.98 Å². The Morgan fingerprint density at radius 1 is 1.03 bits per heavy atom. The van der Waals surface area contributed by atoms with Gasteiger partial charge in [-0.3, -0.25) is 9.89 Å². The second-order valence-corrected chi connectivity index (χ2v) is 6.65. The maximum absolute atomic E-state index is 12.3. The first-order chi connectivity index (χ1) is 14.3. The molecule has 142 valence electrons. The summed E-state index contributed by atoms with van der Waals surface area (Å²) in [6, 6.07) is 13.2. The van der Waals surface area contributed by atoms with Gasteiger partial charge in [0.05, 0.1) is 19.0 Å². The Hall–Kier alpha value is -4.13. The van der Waals surface area contributed by atoms with E-state index in [0.29, 0.717) is 17.9 Å². The highest BCUT2D eigenvalue weighted by molar-refractivity contribution is 5.96. The number of carbonyl (C=O) groups is 1. The van der Waals surface area contributed by atoms with Crippen LogP contribution >= 0.6 is 0 Å². The lowest BCUT2D eigenvalue weighted by atomic mass is 10.0. The number of carbonyl (C=O) groups excluding carboxylic acids is 1. The molecule has 4 heterocycles. The predicted octanol–water partition coefficient (Wildman–Crippen LogP) is 4.14. The first-order valence-corrected chi connectivity index (χ1v) is 9.15. The molecule has 5 aromatic rings. The molecule has 0 aliphatic heterocycles. The van der Waals surface area contributed by atoms with Crippen molar-refractivity contribution in [3.8, 4) is 22.3 Å². The van der Waals surface area contributed by atoms with Crippen LogP contribution in [0.2, 0.25) is 0 Å². The Morgan fingerprint density at radius 3 is 2.69 bits per heavy atom. The molecule has 0 unspecified atom stereocenters. The number of benzene rings is 1. The van der Waals surface area contributed by atoms with E-state index in [1.165, 1.54) is 0 Å². The van der Waals surface area contributed by atoms with Crippen LogP contribution in [0.3, 0.4) is 0 Å². The number of nitrogens with zero attached hydrogens (tertiary/aromatic N) is 2. The van der Waals surface area contributed by atoms with E-state index < -0.39 is 0 Å². The molecule has 29 heavy (non-hydrogen) atoms. The van der Waals surface area contributed by atoms with E-state index in [9.17, 15) is 4.79 Å². The van der Waals surface area contributed by atoms with Crippen LogP contribution in [-0.4, -0.2) is 26.1 Å². The number of fused-ring (bicyclic) bond motifs is 1. The average Bonchev–Trinajstić information content (AvgIpc) is 3.53. The molecule has 3 N–H and O–H groups in total. The Kier molecular flexibility index (Phi) is 4.18. The third-order valence-corrected chi connectivity index (χ3v) is 4.82. The van der Waals surface area contributed by atoms with Crippen molar-refractivity contribution >= 4 is 16.9 Å². The Balaban J connectivity index is 1.39. The molecule has 1 amide bonds. The van der Waals surface area contributed by atoms with Gasteiger partial charge >= 0.3 is 0 Å². The molecule has 0 saturated heterocycles. The molecule has 0 aliphatic carbocycles. The third-order valence-electron chi connectivity index (χ3n) is 4.82. The normalized spacial score (nSPS) is 11.0. The van der Waals surface area contributed by atoms with Crippen LogP contribution in [0.5, 0.6) is 0 Å². The number of aromatic amines is 2. The van der Waals surface area contributed by atoms with E-state index in [2.05, 4.69) is 31.5 Å². The minimum absolute atomic E-state index is 0.144. The number of aromatic nitrogens is 4. The molecule has 0 bridgehead atoms. The lowest BCUT2D eigenvalue weighted by Gasteiger charge is -2.06. The van der Waals surface area contributed by atoms with Crippen LogP contribution in [0.4, 0.5) is 0 Å². The van der Waals surface area contributed by atoms with Gasteiger partial charge in [0, 0.05) is 46.2 Å². The van der Waals surface area contributed by atoms with Crippen LogP contribution in [0.1, 0.15) is 16.1 Å². The van der Waals surface area contributed by atoms with Crippen molar-refractivity contribution in [2.24, 2.45) is 0 Å². The highest BCUT2D eigenvalue weighted by Gasteiger charge is 2.11. The second-order valence-electron chi connectivity index (χ2n) is 6.65. The topological polar surface area (TPSA) is 99.6 Å². The number of hydrogen-bond donors (Lipinski definition) is 3. The number of pyridine rings is 1. The summed E-state index contributed by atoms with van der Waals surface area (Å²) >= 11 is 0. The van der Waals surface area contributed by atoms with E-state index in [-0.39, 0.29) is 5.91 Å². The Bertz CT molecular complexity index is 1250. The van der Waals surface area contributed by atoms with Gasteiger partial charge in [0.1, 0.15) is 11.4 Å². The van der Waals surface area contributed by atoms with Crippen molar-refractivity contribution in [2.45, 2.75) is 6.54 Å². The summed E-state index contributed by atoms with van der Waals surface area (Å²) in [5, 5.41) is 10.7. The Morgan fingerprint density at radius 2 is 1.93 bits per heavy atom. The van der Waals surface area contributed by atoms with Crippen molar-refractivity contribution in [3.05, 3.63) is 84.8 Å².